The van der Waals surface area contributed by atoms with Crippen LogP contribution in [0.4, 0.5) is 0 Å². The zero-order valence-corrected chi connectivity index (χ0v) is 8.15. The smallest absolute Gasteiger partial charge is 0.158 e. The van der Waals surface area contributed by atoms with Crippen LogP contribution in [-0.4, -0.2) is 5.78 Å². The van der Waals surface area contributed by atoms with Crippen LogP contribution in [0.25, 0.3) is 0 Å². The first-order valence-corrected chi connectivity index (χ1v) is 4.97. The van der Waals surface area contributed by atoms with Gasteiger partial charge in [-0.3, -0.25) is 4.79 Å². The van der Waals surface area contributed by atoms with Crippen LogP contribution < -0.4 is 0 Å². The maximum Gasteiger partial charge on any atom is 0.158 e. The Balaban J connectivity index is 2.78. The molecule has 0 radical (unpaired) electrons. The molecule has 0 atom stereocenters. The number of hydrogen-bond acceptors (Lipinski definition) is 1. The van der Waals surface area contributed by atoms with E-state index in [0.29, 0.717) is 5.78 Å². The van der Waals surface area contributed by atoms with Crippen molar-refractivity contribution in [2.24, 2.45) is 0 Å². The minimum atomic E-state index is 0.409. The van der Waals surface area contributed by atoms with Crippen molar-refractivity contribution in [2.45, 2.75) is 52.4 Å². The average Bonchev–Trinajstić information content (AvgIpc) is 2.28. The zero-order chi connectivity index (χ0) is 8.97. The summed E-state index contributed by atoms with van der Waals surface area (Å²) >= 11 is 0. The summed E-state index contributed by atoms with van der Waals surface area (Å²) in [6.07, 6.45) is 6.37. The highest BCUT2D eigenvalue weighted by atomic mass is 16.1. The molecule has 0 N–H and O–H groups in total. The summed E-state index contributed by atoms with van der Waals surface area (Å²) in [5.74, 6) is 0.409. The predicted molar refractivity (Wildman–Crippen MR) is 51.1 cm³/mol. The summed E-state index contributed by atoms with van der Waals surface area (Å²) in [6, 6.07) is 0. The van der Waals surface area contributed by atoms with E-state index in [-0.39, 0.29) is 0 Å². The van der Waals surface area contributed by atoms with Crippen LogP contribution in [0.15, 0.2) is 11.1 Å². The van der Waals surface area contributed by atoms with Crippen molar-refractivity contribution in [1.29, 1.82) is 0 Å². The lowest BCUT2D eigenvalue weighted by molar-refractivity contribution is -0.115. The van der Waals surface area contributed by atoms with Gasteiger partial charge in [0.25, 0.3) is 0 Å². The lowest BCUT2D eigenvalue weighted by atomic mass is 9.99. The van der Waals surface area contributed by atoms with Crippen LogP contribution in [0.1, 0.15) is 52.4 Å². The van der Waals surface area contributed by atoms with Crippen molar-refractivity contribution in [3.05, 3.63) is 11.1 Å². The molecule has 12 heavy (non-hydrogen) atoms. The van der Waals surface area contributed by atoms with Gasteiger partial charge in [0.05, 0.1) is 0 Å². The van der Waals surface area contributed by atoms with Crippen molar-refractivity contribution in [1.82, 2.24) is 0 Å². The number of allylic oxidation sites excluding steroid dienone is 2. The molecular formula is C11H18O. The third-order valence-electron chi connectivity index (χ3n) is 2.71. The Hall–Kier alpha value is -0.590. The van der Waals surface area contributed by atoms with Gasteiger partial charge in [0.2, 0.25) is 0 Å². The summed E-state index contributed by atoms with van der Waals surface area (Å²) in [6.45, 7) is 4.22. The largest absolute Gasteiger partial charge is 0.295 e. The molecule has 0 amide bonds. The molecule has 0 unspecified atom stereocenters. The highest BCUT2D eigenvalue weighted by Crippen LogP contribution is 2.23. The number of hydrogen-bond donors (Lipinski definition) is 0. The molecule has 1 saturated carbocycles. The van der Waals surface area contributed by atoms with Gasteiger partial charge < -0.3 is 0 Å². The molecule has 1 nitrogen and oxygen atoms in total. The van der Waals surface area contributed by atoms with E-state index in [4.69, 9.17) is 0 Å². The first-order valence-electron chi connectivity index (χ1n) is 4.97. The van der Waals surface area contributed by atoms with Gasteiger partial charge in [-0.1, -0.05) is 18.9 Å². The van der Waals surface area contributed by atoms with Crippen molar-refractivity contribution in [3.8, 4) is 0 Å². The second-order valence-corrected chi connectivity index (χ2v) is 3.60. The van der Waals surface area contributed by atoms with Crippen LogP contribution in [0.3, 0.4) is 0 Å². The van der Waals surface area contributed by atoms with Gasteiger partial charge in [0, 0.05) is 6.42 Å². The Bertz CT molecular complexity index is 201. The third kappa shape index (κ3) is 2.20. The van der Waals surface area contributed by atoms with Gasteiger partial charge in [0.1, 0.15) is 0 Å². The van der Waals surface area contributed by atoms with Gasteiger partial charge in [-0.15, -0.1) is 0 Å². The minimum Gasteiger partial charge on any atom is -0.295 e. The van der Waals surface area contributed by atoms with E-state index in [1.165, 1.54) is 18.4 Å². The van der Waals surface area contributed by atoms with E-state index < -0.39 is 0 Å². The number of rotatable bonds is 1. The molecule has 1 rings (SSSR count). The minimum absolute atomic E-state index is 0.409. The molecule has 68 valence electrons. The van der Waals surface area contributed by atoms with Gasteiger partial charge in [-0.2, -0.15) is 0 Å². The van der Waals surface area contributed by atoms with Crippen LogP contribution in [0.2, 0.25) is 0 Å². The molecule has 0 heterocycles. The normalized spacial score (nSPS) is 23.7. The Kier molecular flexibility index (Phi) is 3.51. The number of carbonyl (C=O) groups is 1. The quantitative estimate of drug-likeness (QED) is 0.431. The summed E-state index contributed by atoms with van der Waals surface area (Å²) in [5, 5.41) is 0. The molecule has 0 aromatic heterocycles. The summed E-state index contributed by atoms with van der Waals surface area (Å²) < 4.78 is 0. The van der Waals surface area contributed by atoms with Crippen LogP contribution in [0, 0.1) is 0 Å². The Morgan fingerprint density at radius 3 is 2.58 bits per heavy atom. The molecule has 0 aromatic rings. The first-order chi connectivity index (χ1) is 5.75. The lowest BCUT2D eigenvalue weighted by Gasteiger charge is -2.05. The topological polar surface area (TPSA) is 17.1 Å². The van der Waals surface area contributed by atoms with Gasteiger partial charge in [-0.05, 0) is 38.2 Å². The standard InChI is InChI=1S/C11H18O/c1-3-9(2)10-7-5-4-6-8-11(10)12/h3-8H2,1-2H3/b10-9+. The third-order valence-corrected chi connectivity index (χ3v) is 2.71. The molecule has 0 saturated heterocycles. The summed E-state index contributed by atoms with van der Waals surface area (Å²) in [7, 11) is 0. The highest BCUT2D eigenvalue weighted by molar-refractivity contribution is 5.96. The number of Topliss-reactive ketones (excluding diaryl/α,β-unsaturated/α-hetero) is 1. The second kappa shape index (κ2) is 4.44. The van der Waals surface area contributed by atoms with Gasteiger partial charge in [0.15, 0.2) is 5.78 Å². The molecule has 0 spiro atoms. The fraction of sp³-hybridized carbons (Fsp3) is 0.727. The van der Waals surface area contributed by atoms with Crippen molar-refractivity contribution >= 4 is 5.78 Å². The molecule has 1 fully saturated rings. The zero-order valence-electron chi connectivity index (χ0n) is 8.15. The second-order valence-electron chi connectivity index (χ2n) is 3.60. The molecule has 1 aliphatic carbocycles. The SMILES string of the molecule is CC/C(C)=C1\CCCCCC1=O. The van der Waals surface area contributed by atoms with E-state index >= 15 is 0 Å². The molecule has 1 heteroatoms. The van der Waals surface area contributed by atoms with Crippen molar-refractivity contribution in [3.63, 3.8) is 0 Å². The average molecular weight is 166 g/mol. The fourth-order valence-corrected chi connectivity index (χ4v) is 1.72. The van der Waals surface area contributed by atoms with Gasteiger partial charge in [-0.25, -0.2) is 0 Å². The monoisotopic (exact) mass is 166 g/mol. The Morgan fingerprint density at radius 1 is 1.25 bits per heavy atom. The van der Waals surface area contributed by atoms with Crippen molar-refractivity contribution < 1.29 is 4.79 Å². The van der Waals surface area contributed by atoms with E-state index in [0.717, 1.165) is 31.3 Å². The summed E-state index contributed by atoms with van der Waals surface area (Å²) in [4.78, 5) is 11.6. The van der Waals surface area contributed by atoms with Crippen molar-refractivity contribution in [2.75, 3.05) is 0 Å². The maximum absolute atomic E-state index is 11.6. The van der Waals surface area contributed by atoms with E-state index in [1.54, 1.807) is 0 Å². The van der Waals surface area contributed by atoms with Crippen LogP contribution >= 0.6 is 0 Å². The molecular weight excluding hydrogens is 148 g/mol. The Labute approximate surface area is 74.9 Å². The maximum atomic E-state index is 11.6. The molecule has 0 bridgehead atoms. The van der Waals surface area contributed by atoms with E-state index in [9.17, 15) is 4.79 Å². The number of ketones is 1. The molecule has 0 aliphatic heterocycles. The highest BCUT2D eigenvalue weighted by Gasteiger charge is 2.14. The van der Waals surface area contributed by atoms with Gasteiger partial charge >= 0.3 is 0 Å². The molecule has 1 aliphatic rings. The van der Waals surface area contributed by atoms with E-state index in [2.05, 4.69) is 13.8 Å². The number of carbonyl (C=O) groups excluding carboxylic acids is 1. The van der Waals surface area contributed by atoms with Crippen LogP contribution in [0.5, 0.6) is 0 Å². The fourth-order valence-electron chi connectivity index (χ4n) is 1.72. The Morgan fingerprint density at radius 2 is 1.92 bits per heavy atom. The lowest BCUT2D eigenvalue weighted by Crippen LogP contribution is -2.02. The van der Waals surface area contributed by atoms with Crippen LogP contribution in [-0.2, 0) is 4.79 Å². The predicted octanol–water partition coefficient (Wildman–Crippen LogP) is 3.25. The van der Waals surface area contributed by atoms with E-state index in [1.807, 2.05) is 0 Å². The summed E-state index contributed by atoms with van der Waals surface area (Å²) in [5.41, 5.74) is 2.44. The first kappa shape index (κ1) is 9.50. The molecule has 0 aromatic carbocycles.